The minimum Gasteiger partial charge on any atom is -0.691 e. The predicted molar refractivity (Wildman–Crippen MR) is 257 cm³/mol. The van der Waals surface area contributed by atoms with Crippen LogP contribution in [0.4, 0.5) is 11.4 Å². The molecule has 1 aliphatic carbocycles. The summed E-state index contributed by atoms with van der Waals surface area (Å²) in [6.45, 7) is 13.4. The van der Waals surface area contributed by atoms with Gasteiger partial charge in [0.25, 0.3) is 12.3 Å². The van der Waals surface area contributed by atoms with E-state index in [0.29, 0.717) is 52.2 Å². The molecule has 2 heterocycles. The van der Waals surface area contributed by atoms with E-state index < -0.39 is 17.3 Å². The molecule has 2 aliphatic heterocycles. The normalized spacial score (nSPS) is 16.7. The zero-order valence-electron chi connectivity index (χ0n) is 41.9. The Labute approximate surface area is 477 Å². The van der Waals surface area contributed by atoms with Crippen LogP contribution in [0.2, 0.25) is 0 Å². The second-order valence-electron chi connectivity index (χ2n) is 17.8. The van der Waals surface area contributed by atoms with E-state index in [0.717, 1.165) is 127 Å². The van der Waals surface area contributed by atoms with E-state index >= 15 is 0 Å². The number of allylic oxidation sites excluding steroid dienone is 7. The molecule has 0 radical (unpaired) electrons. The van der Waals surface area contributed by atoms with Crippen LogP contribution in [0.25, 0.3) is 0 Å². The van der Waals surface area contributed by atoms with Crippen molar-refractivity contribution < 1.29 is 132 Å². The minimum absolute atomic E-state index is 0. The van der Waals surface area contributed by atoms with Crippen molar-refractivity contribution in [1.29, 1.82) is 0 Å². The van der Waals surface area contributed by atoms with Gasteiger partial charge in [-0.2, -0.15) is 17.6 Å². The number of anilines is 1. The van der Waals surface area contributed by atoms with Gasteiger partial charge in [-0.15, -0.1) is 5.06 Å². The Bertz CT molecular complexity index is 2500. The average Bonchev–Trinajstić information content (AvgIpc) is 3.68. The summed E-state index contributed by atoms with van der Waals surface area (Å²) in [6, 6.07) is 19.6. The average molecular weight is 1070 g/mol. The maximum absolute atomic E-state index is 12.4. The SMILES string of the molecule is CC(=O)N(C=O)OC(=O)CCCCC[N+]1=C(/C=C/C2=C(Oc3ccc(SOO[O-])cc3)C(=C/C=C3/N(CCCCSOO[O-])c4ccc(C)cc4C3(C)C)/CCC2)C(C)(C)c2cc(SOO[O-])ccc21.[Na+].[Na+]. The van der Waals surface area contributed by atoms with E-state index in [-0.39, 0.29) is 77.4 Å². The monoisotopic (exact) mass is 1070 g/mol. The Morgan fingerprint density at radius 2 is 1.50 bits per heavy atom. The summed E-state index contributed by atoms with van der Waals surface area (Å²) < 4.78 is 22.8. The molecule has 0 unspecified atom stereocenters. The smallest absolute Gasteiger partial charge is 0.691 e. The van der Waals surface area contributed by atoms with E-state index in [1.165, 1.54) is 11.1 Å². The van der Waals surface area contributed by atoms with Crippen molar-refractivity contribution in [2.24, 2.45) is 0 Å². The first kappa shape index (κ1) is 61.7. The van der Waals surface area contributed by atoms with Gasteiger partial charge in [0.1, 0.15) is 18.1 Å². The molecule has 3 aromatic rings. The van der Waals surface area contributed by atoms with Gasteiger partial charge in [0.05, 0.1) is 29.5 Å². The largest absolute Gasteiger partial charge is 1.00 e. The molecule has 0 atom stereocenters. The van der Waals surface area contributed by atoms with Crippen LogP contribution in [0, 0.1) is 6.92 Å². The second-order valence-corrected chi connectivity index (χ2v) is 20.2. The van der Waals surface area contributed by atoms with Crippen LogP contribution >= 0.6 is 36.1 Å². The number of nitrogens with zero attached hydrogens (tertiary/aromatic N) is 3. The van der Waals surface area contributed by atoms with Crippen molar-refractivity contribution in [3.05, 3.63) is 124 Å². The number of hydrogen-bond donors (Lipinski definition) is 0. The van der Waals surface area contributed by atoms with Gasteiger partial charge in [-0.1, -0.05) is 37.6 Å². The molecule has 17 nitrogen and oxygen atoms in total. The van der Waals surface area contributed by atoms with Crippen LogP contribution in [0.15, 0.2) is 117 Å². The number of hydroxylamine groups is 2. The Morgan fingerprint density at radius 3 is 2.19 bits per heavy atom. The molecule has 0 fully saturated rings. The first-order valence-electron chi connectivity index (χ1n) is 22.8. The molecule has 2 amide bonds. The van der Waals surface area contributed by atoms with Crippen LogP contribution in [-0.4, -0.2) is 52.5 Å². The number of unbranched alkanes of at least 4 members (excludes halogenated alkanes) is 3. The standard InChI is InChI=1S/C50H59N3O14S3.2Na/c1-34-16-24-43-41(31-34)49(3,4)45(52(43)29-10-11-30-68-65-62-57)26-17-36-13-12-14-37(48(36)60-38-19-21-39(22-20-38)69-66-63-58)18-27-46-50(5,6)42-32-40(70-67-64-59)23-25-44(42)51(46)28-9-7-8-15-47(56)61-53(33-54)35(2)55;;/h16-27,31-33H,7-15,28-30H2,1-6H3,(H2-,57,58,59);;/q;2*+1/p-2. The van der Waals surface area contributed by atoms with Crippen LogP contribution in [-0.2, 0) is 58.2 Å². The summed E-state index contributed by atoms with van der Waals surface area (Å²) in [7, 11) is 0. The summed E-state index contributed by atoms with van der Waals surface area (Å²) in [5.41, 5.74) is 8.93. The molecule has 6 rings (SSSR count). The van der Waals surface area contributed by atoms with Gasteiger partial charge in [0.2, 0.25) is 5.69 Å². The Balaban J connectivity index is 0.00000562. The second kappa shape index (κ2) is 30.1. The zero-order chi connectivity index (χ0) is 50.3. The molecule has 0 saturated heterocycles. The number of carbonyl (C=O) groups excluding carboxylic acids is 3. The van der Waals surface area contributed by atoms with Crippen molar-refractivity contribution in [3.8, 4) is 5.75 Å². The quantitative estimate of drug-likeness (QED) is 0.0227. The number of ether oxygens (including phenoxy) is 1. The molecule has 0 bridgehead atoms. The van der Waals surface area contributed by atoms with Gasteiger partial charge < -0.3 is 30.2 Å². The van der Waals surface area contributed by atoms with Gasteiger partial charge in [-0.05, 0) is 137 Å². The Hall–Kier alpha value is -2.81. The van der Waals surface area contributed by atoms with Crippen LogP contribution in [0.1, 0.15) is 109 Å². The van der Waals surface area contributed by atoms with Crippen molar-refractivity contribution in [1.82, 2.24) is 5.06 Å². The fourth-order valence-electron chi connectivity index (χ4n) is 8.99. The molecule has 0 spiro atoms. The number of amides is 2. The maximum atomic E-state index is 12.4. The van der Waals surface area contributed by atoms with Gasteiger partial charge >= 0.3 is 65.1 Å². The topological polar surface area (TPSA) is 204 Å². The van der Waals surface area contributed by atoms with Gasteiger partial charge in [-0.3, -0.25) is 24.7 Å². The Morgan fingerprint density at radius 1 is 0.792 bits per heavy atom. The molecule has 72 heavy (non-hydrogen) atoms. The molecule has 0 aromatic heterocycles. The minimum atomic E-state index is -0.690. The summed E-state index contributed by atoms with van der Waals surface area (Å²) in [5, 5.41) is 42.7. The van der Waals surface area contributed by atoms with E-state index in [4.69, 9.17) is 9.57 Å². The van der Waals surface area contributed by atoms with E-state index in [1.807, 2.05) is 30.3 Å². The van der Waals surface area contributed by atoms with Crippen LogP contribution in [0.5, 0.6) is 5.75 Å². The number of rotatable bonds is 25. The van der Waals surface area contributed by atoms with Crippen LogP contribution in [0.3, 0.4) is 0 Å². The fraction of sp³-hybridized carbons (Fsp3) is 0.400. The first-order valence-corrected chi connectivity index (χ1v) is 25.2. The number of imide groups is 1. The van der Waals surface area contributed by atoms with Crippen LogP contribution < -0.4 is 84.5 Å². The van der Waals surface area contributed by atoms with Crippen molar-refractivity contribution in [2.45, 2.75) is 120 Å². The van der Waals surface area contributed by atoms with E-state index in [1.54, 1.807) is 12.1 Å². The van der Waals surface area contributed by atoms with E-state index in [9.17, 15) is 30.2 Å². The number of benzene rings is 3. The molecule has 376 valence electrons. The van der Waals surface area contributed by atoms with Crippen molar-refractivity contribution >= 4 is 71.5 Å². The molecule has 22 heteroatoms. The van der Waals surface area contributed by atoms with Crippen molar-refractivity contribution in [3.63, 3.8) is 0 Å². The van der Waals surface area contributed by atoms with Gasteiger partial charge in [-0.25, -0.2) is 4.79 Å². The van der Waals surface area contributed by atoms with Crippen molar-refractivity contribution in [2.75, 3.05) is 23.7 Å². The molecule has 3 aromatic carbocycles. The number of aryl methyl sites for hydroxylation is 1. The molecular weight excluding hydrogens is 1010 g/mol. The predicted octanol–water partition coefficient (Wildman–Crippen LogP) is 2.20. The maximum Gasteiger partial charge on any atom is 1.00 e. The summed E-state index contributed by atoms with van der Waals surface area (Å²) >= 11 is 2.62. The number of hydrogen-bond acceptors (Lipinski definition) is 18. The first-order chi connectivity index (χ1) is 33.7. The molecular formula is C50H57N3Na2O14S3. The summed E-state index contributed by atoms with van der Waals surface area (Å²) in [5.74, 6) is 0.569. The number of carbonyl (C=O) groups is 3. The third kappa shape index (κ3) is 16.1. The zero-order valence-corrected chi connectivity index (χ0v) is 48.4. The fourth-order valence-corrected chi connectivity index (χ4v) is 10.2. The number of fused-ring (bicyclic) bond motifs is 2. The third-order valence-electron chi connectivity index (χ3n) is 12.4. The molecule has 0 saturated carbocycles. The Kier molecular flexibility index (Phi) is 25.8. The summed E-state index contributed by atoms with van der Waals surface area (Å²) in [4.78, 5) is 43.7. The summed E-state index contributed by atoms with van der Waals surface area (Å²) in [6.07, 6.45) is 14.7. The van der Waals surface area contributed by atoms with E-state index in [2.05, 4.69) is 115 Å². The third-order valence-corrected chi connectivity index (χ3v) is 14.2. The molecule has 3 aliphatic rings. The van der Waals surface area contributed by atoms with Gasteiger partial charge in [0, 0.05) is 88.4 Å². The van der Waals surface area contributed by atoms with Gasteiger partial charge in [0.15, 0.2) is 5.71 Å². The molecule has 0 N–H and O–H groups in total.